The molecule has 106 valence electrons. The number of nitrogens with two attached hydrogens (primary N) is 1. The molecule has 0 amide bonds. The normalized spacial score (nSPS) is 18.9. The van der Waals surface area contributed by atoms with Crippen molar-refractivity contribution in [2.45, 2.75) is 12.5 Å². The van der Waals surface area contributed by atoms with Gasteiger partial charge in [0.2, 0.25) is 0 Å². The standard InChI is InChI=1S/C16H21N3O/c17-12-15(19-8-3-10-20-11-9-19)14-6-1-4-13-5-2-7-18-16(13)14/h1-2,4-7,15H,3,8-12,17H2. The van der Waals surface area contributed by atoms with Crippen molar-refractivity contribution >= 4 is 10.9 Å². The lowest BCUT2D eigenvalue weighted by molar-refractivity contribution is 0.132. The SMILES string of the molecule is NCC(c1cccc2cccnc12)N1CCCOCC1. The summed E-state index contributed by atoms with van der Waals surface area (Å²) in [5.74, 6) is 0. The van der Waals surface area contributed by atoms with Crippen molar-refractivity contribution in [3.8, 4) is 0 Å². The lowest BCUT2D eigenvalue weighted by Gasteiger charge is -2.30. The van der Waals surface area contributed by atoms with Crippen LogP contribution in [0.5, 0.6) is 0 Å². The smallest absolute Gasteiger partial charge is 0.0750 e. The maximum Gasteiger partial charge on any atom is 0.0750 e. The zero-order chi connectivity index (χ0) is 13.8. The first-order valence-corrected chi connectivity index (χ1v) is 7.25. The van der Waals surface area contributed by atoms with Gasteiger partial charge in [-0.3, -0.25) is 9.88 Å². The largest absolute Gasteiger partial charge is 0.380 e. The average Bonchev–Trinajstić information content (AvgIpc) is 2.78. The van der Waals surface area contributed by atoms with Gasteiger partial charge in [-0.1, -0.05) is 24.3 Å². The molecule has 0 spiro atoms. The van der Waals surface area contributed by atoms with Crippen molar-refractivity contribution in [2.24, 2.45) is 5.73 Å². The van der Waals surface area contributed by atoms with E-state index in [0.29, 0.717) is 6.54 Å². The van der Waals surface area contributed by atoms with E-state index in [-0.39, 0.29) is 6.04 Å². The molecule has 4 heteroatoms. The van der Waals surface area contributed by atoms with Gasteiger partial charge in [-0.25, -0.2) is 0 Å². The van der Waals surface area contributed by atoms with Crippen LogP contribution in [0.25, 0.3) is 10.9 Å². The maximum absolute atomic E-state index is 6.07. The molecule has 1 saturated heterocycles. The Morgan fingerprint density at radius 2 is 2.10 bits per heavy atom. The van der Waals surface area contributed by atoms with Crippen LogP contribution in [0.15, 0.2) is 36.5 Å². The number of ether oxygens (including phenoxy) is 1. The predicted molar refractivity (Wildman–Crippen MR) is 80.5 cm³/mol. The van der Waals surface area contributed by atoms with E-state index in [4.69, 9.17) is 10.5 Å². The monoisotopic (exact) mass is 271 g/mol. The second kappa shape index (κ2) is 6.31. The van der Waals surface area contributed by atoms with E-state index in [0.717, 1.165) is 38.2 Å². The third kappa shape index (κ3) is 2.68. The van der Waals surface area contributed by atoms with Gasteiger partial charge in [-0.2, -0.15) is 0 Å². The van der Waals surface area contributed by atoms with Gasteiger partial charge in [0.05, 0.1) is 12.1 Å². The van der Waals surface area contributed by atoms with Crippen molar-refractivity contribution in [1.29, 1.82) is 0 Å². The second-order valence-corrected chi connectivity index (χ2v) is 5.18. The maximum atomic E-state index is 6.07. The fraction of sp³-hybridized carbons (Fsp3) is 0.438. The number of rotatable bonds is 3. The van der Waals surface area contributed by atoms with Crippen LogP contribution in [0.1, 0.15) is 18.0 Å². The first-order chi connectivity index (χ1) is 9.90. The minimum atomic E-state index is 0.218. The molecule has 0 bridgehead atoms. The number of pyridine rings is 1. The van der Waals surface area contributed by atoms with Crippen molar-refractivity contribution in [1.82, 2.24) is 9.88 Å². The van der Waals surface area contributed by atoms with Crippen LogP contribution in [-0.4, -0.2) is 42.7 Å². The third-order valence-corrected chi connectivity index (χ3v) is 3.94. The molecule has 1 fully saturated rings. The van der Waals surface area contributed by atoms with Crippen molar-refractivity contribution in [2.75, 3.05) is 32.8 Å². The van der Waals surface area contributed by atoms with E-state index >= 15 is 0 Å². The highest BCUT2D eigenvalue weighted by Crippen LogP contribution is 2.26. The van der Waals surface area contributed by atoms with Gasteiger partial charge in [0.1, 0.15) is 0 Å². The van der Waals surface area contributed by atoms with Crippen LogP contribution in [-0.2, 0) is 4.74 Å². The van der Waals surface area contributed by atoms with Crippen LogP contribution in [0.2, 0.25) is 0 Å². The number of hydrogen-bond acceptors (Lipinski definition) is 4. The Hall–Kier alpha value is -1.49. The molecule has 1 aromatic carbocycles. The van der Waals surface area contributed by atoms with E-state index in [1.165, 1.54) is 10.9 Å². The molecule has 2 heterocycles. The molecule has 20 heavy (non-hydrogen) atoms. The minimum Gasteiger partial charge on any atom is -0.380 e. The van der Waals surface area contributed by atoms with E-state index < -0.39 is 0 Å². The summed E-state index contributed by atoms with van der Waals surface area (Å²) in [6, 6.07) is 10.6. The van der Waals surface area contributed by atoms with Gasteiger partial charge >= 0.3 is 0 Å². The molecule has 4 nitrogen and oxygen atoms in total. The van der Waals surface area contributed by atoms with Crippen LogP contribution >= 0.6 is 0 Å². The summed E-state index contributed by atoms with van der Waals surface area (Å²) < 4.78 is 5.54. The summed E-state index contributed by atoms with van der Waals surface area (Å²) in [4.78, 5) is 6.98. The summed E-state index contributed by atoms with van der Waals surface area (Å²) in [5.41, 5.74) is 8.36. The van der Waals surface area contributed by atoms with Gasteiger partial charge in [0, 0.05) is 43.9 Å². The number of hydrogen-bond donors (Lipinski definition) is 1. The van der Waals surface area contributed by atoms with Gasteiger partial charge in [-0.05, 0) is 18.1 Å². The number of benzene rings is 1. The number of para-hydroxylation sites is 1. The number of aromatic nitrogens is 1. The highest BCUT2D eigenvalue weighted by Gasteiger charge is 2.22. The molecule has 2 N–H and O–H groups in total. The van der Waals surface area contributed by atoms with Crippen molar-refractivity contribution in [3.05, 3.63) is 42.1 Å². The Kier molecular flexibility index (Phi) is 4.25. The topological polar surface area (TPSA) is 51.4 Å². The minimum absolute atomic E-state index is 0.218. The molecule has 3 rings (SSSR count). The Morgan fingerprint density at radius 3 is 3.00 bits per heavy atom. The highest BCUT2D eigenvalue weighted by atomic mass is 16.5. The summed E-state index contributed by atoms with van der Waals surface area (Å²) >= 11 is 0. The van der Waals surface area contributed by atoms with Gasteiger partial charge < -0.3 is 10.5 Å². The lowest BCUT2D eigenvalue weighted by atomic mass is 10.0. The molecular formula is C16H21N3O. The summed E-state index contributed by atoms with van der Waals surface area (Å²) in [6.45, 7) is 4.21. The molecule has 0 radical (unpaired) electrons. The van der Waals surface area contributed by atoms with Gasteiger partial charge in [0.15, 0.2) is 0 Å². The zero-order valence-corrected chi connectivity index (χ0v) is 11.7. The fourth-order valence-electron chi connectivity index (χ4n) is 2.95. The van der Waals surface area contributed by atoms with Crippen LogP contribution in [0.3, 0.4) is 0 Å². The Labute approximate surface area is 119 Å². The number of nitrogens with zero attached hydrogens (tertiary/aromatic N) is 2. The molecule has 0 aliphatic carbocycles. The molecule has 0 saturated carbocycles. The van der Waals surface area contributed by atoms with Gasteiger partial charge in [0.25, 0.3) is 0 Å². The zero-order valence-electron chi connectivity index (χ0n) is 11.7. The predicted octanol–water partition coefficient (Wildman–Crippen LogP) is 1.96. The van der Waals surface area contributed by atoms with Crippen LogP contribution < -0.4 is 5.73 Å². The van der Waals surface area contributed by atoms with E-state index in [1.54, 1.807) is 0 Å². The highest BCUT2D eigenvalue weighted by molar-refractivity contribution is 5.82. The molecule has 1 unspecified atom stereocenters. The Morgan fingerprint density at radius 1 is 1.20 bits per heavy atom. The average molecular weight is 271 g/mol. The van der Waals surface area contributed by atoms with E-state index in [9.17, 15) is 0 Å². The molecule has 2 aromatic rings. The molecule has 1 atom stereocenters. The van der Waals surface area contributed by atoms with Crippen molar-refractivity contribution in [3.63, 3.8) is 0 Å². The number of fused-ring (bicyclic) bond motifs is 1. The summed E-state index contributed by atoms with van der Waals surface area (Å²) in [7, 11) is 0. The molecule has 1 aliphatic heterocycles. The molecule has 1 aliphatic rings. The lowest BCUT2D eigenvalue weighted by Crippen LogP contribution is -2.35. The summed E-state index contributed by atoms with van der Waals surface area (Å²) in [5, 5.41) is 1.18. The van der Waals surface area contributed by atoms with E-state index in [1.807, 2.05) is 12.3 Å². The fourth-order valence-corrected chi connectivity index (χ4v) is 2.95. The Bertz CT molecular complexity index is 559. The Balaban J connectivity index is 1.98. The van der Waals surface area contributed by atoms with E-state index in [2.05, 4.69) is 34.1 Å². The third-order valence-electron chi connectivity index (χ3n) is 3.94. The first-order valence-electron chi connectivity index (χ1n) is 7.25. The first kappa shape index (κ1) is 13.5. The van der Waals surface area contributed by atoms with Gasteiger partial charge in [-0.15, -0.1) is 0 Å². The molecular weight excluding hydrogens is 250 g/mol. The van der Waals surface area contributed by atoms with Crippen molar-refractivity contribution < 1.29 is 4.74 Å². The summed E-state index contributed by atoms with van der Waals surface area (Å²) in [6.07, 6.45) is 2.92. The van der Waals surface area contributed by atoms with Crippen LogP contribution in [0, 0.1) is 0 Å². The van der Waals surface area contributed by atoms with Crippen LogP contribution in [0.4, 0.5) is 0 Å². The molecule has 1 aromatic heterocycles. The second-order valence-electron chi connectivity index (χ2n) is 5.18. The quantitative estimate of drug-likeness (QED) is 0.927.